The van der Waals surface area contributed by atoms with E-state index in [4.69, 9.17) is 4.74 Å². The Balaban J connectivity index is 1.36. The number of nitrogens with zero attached hydrogens (tertiary/aromatic N) is 2. The highest BCUT2D eigenvalue weighted by molar-refractivity contribution is 9.10. The van der Waals surface area contributed by atoms with Gasteiger partial charge in [0, 0.05) is 21.8 Å². The maximum Gasteiger partial charge on any atom is 0.334 e. The Bertz CT molecular complexity index is 1990. The van der Waals surface area contributed by atoms with Crippen LogP contribution in [0, 0.1) is 29.1 Å². The summed E-state index contributed by atoms with van der Waals surface area (Å²) in [6, 6.07) is 25.8. The third-order valence-corrected chi connectivity index (χ3v) is 12.4. The zero-order chi connectivity index (χ0) is 32.3. The number of fused-ring (bicyclic) bond motifs is 2. The number of amides is 4. The summed E-state index contributed by atoms with van der Waals surface area (Å²) in [7, 11) is 0. The molecule has 5 aliphatic rings. The second kappa shape index (κ2) is 9.69. The Kier molecular flexibility index (Phi) is 6.07. The zero-order valence-electron chi connectivity index (χ0n) is 25.3. The Hall–Kier alpha value is -4.63. The molecule has 2 heterocycles. The number of halogens is 1. The first-order valence-electron chi connectivity index (χ1n) is 15.4. The number of anilines is 2. The second-order valence-corrected chi connectivity index (χ2v) is 14.0. The predicted octanol–water partition coefficient (Wildman–Crippen LogP) is 5.95. The molecule has 2 aliphatic heterocycles. The molecular formula is C37H29BrN2O6. The van der Waals surface area contributed by atoms with Crippen molar-refractivity contribution in [2.75, 3.05) is 16.4 Å². The molecule has 3 fully saturated rings. The third-order valence-electron chi connectivity index (χ3n) is 10.8. The molecule has 2 saturated heterocycles. The zero-order valence-corrected chi connectivity index (χ0v) is 26.9. The number of carbonyl (C=O) groups is 5. The molecule has 0 N–H and O–H groups in total. The topological polar surface area (TPSA) is 101 Å². The molecule has 4 aromatic carbocycles. The fourth-order valence-corrected chi connectivity index (χ4v) is 10.1. The van der Waals surface area contributed by atoms with E-state index in [1.54, 1.807) is 45.0 Å². The van der Waals surface area contributed by atoms with Gasteiger partial charge in [0.1, 0.15) is 0 Å². The summed E-state index contributed by atoms with van der Waals surface area (Å²) in [5.74, 6) is -6.92. The number of allylic oxidation sites excluding steroid dienone is 1. The SMILES string of the molecule is CCOC(=O)C1=C(C)C2(Br)[C@@H]3C(=O)N(c4cccc5ccccc45)C(=O)[C@@H]3C1(C)[C@H]1C(=O)N(c3cccc4ccccc34)C(=O)[C@H]12. The van der Waals surface area contributed by atoms with Gasteiger partial charge in [0.05, 0.1) is 46.0 Å². The number of alkyl halides is 1. The fourth-order valence-electron chi connectivity index (χ4n) is 9.01. The molecule has 3 aliphatic carbocycles. The van der Waals surface area contributed by atoms with Gasteiger partial charge in [0.2, 0.25) is 23.6 Å². The molecule has 9 rings (SSSR count). The van der Waals surface area contributed by atoms with Gasteiger partial charge in [-0.05, 0) is 42.3 Å². The van der Waals surface area contributed by atoms with Crippen molar-refractivity contribution in [3.05, 3.63) is 96.1 Å². The average molecular weight is 678 g/mol. The van der Waals surface area contributed by atoms with E-state index < -0.39 is 63.0 Å². The van der Waals surface area contributed by atoms with E-state index in [0.717, 1.165) is 21.5 Å². The number of carbonyl (C=O) groups excluding carboxylic acids is 5. The van der Waals surface area contributed by atoms with Crippen molar-refractivity contribution in [2.24, 2.45) is 29.1 Å². The summed E-state index contributed by atoms with van der Waals surface area (Å²) < 4.78 is 4.04. The monoisotopic (exact) mass is 676 g/mol. The van der Waals surface area contributed by atoms with E-state index in [9.17, 15) is 24.0 Å². The first-order valence-corrected chi connectivity index (χ1v) is 16.2. The lowest BCUT2D eigenvalue weighted by Gasteiger charge is -2.59. The van der Waals surface area contributed by atoms with Crippen LogP contribution >= 0.6 is 15.9 Å². The molecule has 8 nitrogen and oxygen atoms in total. The molecule has 0 aromatic heterocycles. The van der Waals surface area contributed by atoms with Gasteiger partial charge < -0.3 is 4.74 Å². The van der Waals surface area contributed by atoms with Gasteiger partial charge in [0.25, 0.3) is 0 Å². The number of benzene rings is 4. The summed E-state index contributed by atoms with van der Waals surface area (Å²) in [5.41, 5.74) is -0.0399. The first kappa shape index (κ1) is 28.8. The lowest BCUT2D eigenvalue weighted by atomic mass is 9.43. The lowest BCUT2D eigenvalue weighted by molar-refractivity contribution is -0.152. The molecule has 230 valence electrons. The second-order valence-electron chi connectivity index (χ2n) is 12.7. The van der Waals surface area contributed by atoms with E-state index >= 15 is 0 Å². The molecule has 4 aromatic rings. The molecule has 46 heavy (non-hydrogen) atoms. The van der Waals surface area contributed by atoms with Gasteiger partial charge in [-0.2, -0.15) is 0 Å². The maximum absolute atomic E-state index is 14.8. The van der Waals surface area contributed by atoms with E-state index in [0.29, 0.717) is 16.9 Å². The van der Waals surface area contributed by atoms with Crippen molar-refractivity contribution in [1.82, 2.24) is 0 Å². The minimum absolute atomic E-state index is 0.0766. The van der Waals surface area contributed by atoms with E-state index in [1.807, 2.05) is 60.7 Å². The van der Waals surface area contributed by atoms with Crippen molar-refractivity contribution >= 4 is 78.4 Å². The molecule has 4 atom stereocenters. The summed E-state index contributed by atoms with van der Waals surface area (Å²) in [5, 5.41) is 3.15. The number of rotatable bonds is 4. The van der Waals surface area contributed by atoms with Crippen LogP contribution in [0.25, 0.3) is 21.5 Å². The highest BCUT2D eigenvalue weighted by Crippen LogP contribution is 2.72. The van der Waals surface area contributed by atoms with Gasteiger partial charge in [0.15, 0.2) is 0 Å². The summed E-state index contributed by atoms with van der Waals surface area (Å²) in [6.45, 7) is 5.17. The quantitative estimate of drug-likeness (QED) is 0.150. The molecule has 0 unspecified atom stereocenters. The van der Waals surface area contributed by atoms with Crippen LogP contribution in [0.5, 0.6) is 0 Å². The summed E-state index contributed by atoms with van der Waals surface area (Å²) in [6.07, 6.45) is 0. The number of imide groups is 2. The van der Waals surface area contributed by atoms with Crippen molar-refractivity contribution in [2.45, 2.75) is 25.1 Å². The van der Waals surface area contributed by atoms with Crippen molar-refractivity contribution in [3.63, 3.8) is 0 Å². The van der Waals surface area contributed by atoms with Crippen LogP contribution in [-0.2, 0) is 28.7 Å². The van der Waals surface area contributed by atoms with E-state index in [1.165, 1.54) is 9.80 Å². The minimum Gasteiger partial charge on any atom is -0.463 e. The maximum atomic E-state index is 14.8. The smallest absolute Gasteiger partial charge is 0.334 e. The molecule has 0 spiro atoms. The average Bonchev–Trinajstić information content (AvgIpc) is 3.49. The minimum atomic E-state index is -1.51. The van der Waals surface area contributed by atoms with Gasteiger partial charge in [-0.25, -0.2) is 14.6 Å². The number of esters is 1. The Morgan fingerprint density at radius 2 is 1.11 bits per heavy atom. The van der Waals surface area contributed by atoms with Crippen LogP contribution in [0.1, 0.15) is 20.8 Å². The van der Waals surface area contributed by atoms with Gasteiger partial charge >= 0.3 is 5.97 Å². The van der Waals surface area contributed by atoms with E-state index in [2.05, 4.69) is 15.9 Å². The highest BCUT2D eigenvalue weighted by atomic mass is 79.9. The third kappa shape index (κ3) is 3.31. The van der Waals surface area contributed by atoms with Crippen molar-refractivity contribution in [1.29, 1.82) is 0 Å². The normalized spacial score (nSPS) is 30.1. The number of ether oxygens (including phenoxy) is 1. The van der Waals surface area contributed by atoms with Crippen LogP contribution in [0.4, 0.5) is 11.4 Å². The first-order chi connectivity index (χ1) is 22.1. The van der Waals surface area contributed by atoms with Crippen LogP contribution in [0.3, 0.4) is 0 Å². The summed E-state index contributed by atoms with van der Waals surface area (Å²) in [4.78, 5) is 75.2. The van der Waals surface area contributed by atoms with Crippen molar-refractivity contribution in [3.8, 4) is 0 Å². The molecule has 4 amide bonds. The standard InChI is InChI=1S/C37H29BrN2O6/c1-4-46-35(45)26-19(2)37(38)29-27(31(41)39(33(29)43)24-17-9-13-20-11-5-7-15-22(20)24)36(26,3)28-30(37)34(44)40(32(28)42)25-18-10-14-21-12-6-8-16-23(21)25/h5-18,27-30H,4H2,1-3H3/t27-,28-,29+,30+,36?,37?/m1/s1. The Labute approximate surface area is 273 Å². The van der Waals surface area contributed by atoms with Gasteiger partial charge in [-0.3, -0.25) is 19.2 Å². The van der Waals surface area contributed by atoms with Gasteiger partial charge in [-0.1, -0.05) is 95.7 Å². The molecule has 0 radical (unpaired) electrons. The largest absolute Gasteiger partial charge is 0.463 e. The molecule has 2 bridgehead atoms. The predicted molar refractivity (Wildman–Crippen MR) is 176 cm³/mol. The van der Waals surface area contributed by atoms with Crippen LogP contribution in [0.15, 0.2) is 96.1 Å². The molecule has 9 heteroatoms. The fraction of sp³-hybridized carbons (Fsp3) is 0.270. The molecule has 1 saturated carbocycles. The van der Waals surface area contributed by atoms with Crippen molar-refractivity contribution < 1.29 is 28.7 Å². The van der Waals surface area contributed by atoms with Crippen LogP contribution in [0.2, 0.25) is 0 Å². The molecular weight excluding hydrogens is 648 g/mol. The summed E-state index contributed by atoms with van der Waals surface area (Å²) >= 11 is 3.87. The van der Waals surface area contributed by atoms with E-state index in [-0.39, 0.29) is 12.2 Å². The van der Waals surface area contributed by atoms with Crippen LogP contribution in [-0.4, -0.2) is 40.5 Å². The van der Waals surface area contributed by atoms with Gasteiger partial charge in [-0.15, -0.1) is 0 Å². The highest BCUT2D eigenvalue weighted by Gasteiger charge is 2.81. The van der Waals surface area contributed by atoms with Crippen LogP contribution < -0.4 is 9.80 Å². The number of hydrogen-bond acceptors (Lipinski definition) is 6. The Morgan fingerprint density at radius 3 is 1.57 bits per heavy atom. The lowest BCUT2D eigenvalue weighted by Crippen LogP contribution is -2.67. The Morgan fingerprint density at radius 1 is 0.696 bits per heavy atom. The number of hydrogen-bond donors (Lipinski definition) is 0.